The number of hydrogen-bond donors (Lipinski definition) is 1. The molecule has 0 unspecified atom stereocenters. The summed E-state index contributed by atoms with van der Waals surface area (Å²) in [7, 11) is 2.03. The van der Waals surface area contributed by atoms with Crippen LogP contribution in [0.1, 0.15) is 43.6 Å². The molecule has 158 valence electrons. The predicted molar refractivity (Wildman–Crippen MR) is 124 cm³/mol. The minimum absolute atomic E-state index is 0.0206. The Hall–Kier alpha value is -2.67. The van der Waals surface area contributed by atoms with E-state index in [0.29, 0.717) is 12.6 Å². The lowest BCUT2D eigenvalue weighted by Crippen LogP contribution is -2.26. The maximum Gasteiger partial charge on any atom is 0.262 e. The highest BCUT2D eigenvalue weighted by atomic mass is 32.1. The first-order chi connectivity index (χ1) is 14.4. The van der Waals surface area contributed by atoms with E-state index in [9.17, 15) is 9.59 Å². The lowest BCUT2D eigenvalue weighted by molar-refractivity contribution is -0.116. The van der Waals surface area contributed by atoms with Crippen LogP contribution in [-0.4, -0.2) is 28.5 Å². The van der Waals surface area contributed by atoms with Crippen LogP contribution in [0.3, 0.4) is 0 Å². The number of carbonyl (C=O) groups is 1. The van der Waals surface area contributed by atoms with E-state index in [-0.39, 0.29) is 17.9 Å². The molecule has 0 radical (unpaired) electrons. The minimum Gasteiger partial charge on any atom is -0.372 e. The van der Waals surface area contributed by atoms with Crippen LogP contribution in [0.5, 0.6) is 0 Å². The molecule has 0 bridgehead atoms. The van der Waals surface area contributed by atoms with Gasteiger partial charge in [0.05, 0.1) is 11.7 Å². The first-order valence-corrected chi connectivity index (χ1v) is 11.4. The van der Waals surface area contributed by atoms with Gasteiger partial charge in [-0.15, -0.1) is 11.3 Å². The second-order valence-electron chi connectivity index (χ2n) is 8.19. The first-order valence-electron chi connectivity index (χ1n) is 10.6. The van der Waals surface area contributed by atoms with Crippen molar-refractivity contribution in [2.24, 2.45) is 0 Å². The standard InChI is InChI=1S/C23H28N4O2S/c1-15(2)26(3)17-8-6-7-16(13-17)25-20(28)11-12-27-14-24-22-21(23(27)29)18-9-4-5-10-19(18)30-22/h6-8,13-15H,4-5,9-12H2,1-3H3,(H,25,28). The summed E-state index contributed by atoms with van der Waals surface area (Å²) in [5, 5.41) is 3.71. The SMILES string of the molecule is CC(C)N(C)c1cccc(NC(=O)CCn2cnc3sc4c(c3c2=O)CCCC4)c1. The van der Waals surface area contributed by atoms with Gasteiger partial charge in [0.1, 0.15) is 4.83 Å². The molecule has 30 heavy (non-hydrogen) atoms. The molecule has 0 saturated heterocycles. The predicted octanol–water partition coefficient (Wildman–Crippen LogP) is 4.21. The molecule has 1 aliphatic rings. The van der Waals surface area contributed by atoms with Crippen LogP contribution in [0.25, 0.3) is 10.2 Å². The van der Waals surface area contributed by atoms with Crippen molar-refractivity contribution in [1.29, 1.82) is 0 Å². The van der Waals surface area contributed by atoms with Crippen molar-refractivity contribution < 1.29 is 4.79 Å². The van der Waals surface area contributed by atoms with Crippen LogP contribution in [0.2, 0.25) is 0 Å². The number of rotatable bonds is 6. The normalized spacial score (nSPS) is 13.5. The van der Waals surface area contributed by atoms with Crippen LogP contribution < -0.4 is 15.8 Å². The lowest BCUT2D eigenvalue weighted by atomic mass is 9.97. The van der Waals surface area contributed by atoms with E-state index >= 15 is 0 Å². The van der Waals surface area contributed by atoms with Gasteiger partial charge in [0.15, 0.2) is 0 Å². The fourth-order valence-electron chi connectivity index (χ4n) is 3.89. The van der Waals surface area contributed by atoms with E-state index in [1.54, 1.807) is 22.2 Å². The summed E-state index contributed by atoms with van der Waals surface area (Å²) in [6.45, 7) is 4.57. The summed E-state index contributed by atoms with van der Waals surface area (Å²) >= 11 is 1.65. The molecule has 4 rings (SSSR count). The number of nitrogens with zero attached hydrogens (tertiary/aromatic N) is 3. The molecule has 0 fully saturated rings. The van der Waals surface area contributed by atoms with E-state index in [2.05, 4.69) is 29.0 Å². The number of benzene rings is 1. The minimum atomic E-state index is -0.112. The number of hydrogen-bond acceptors (Lipinski definition) is 5. The molecule has 6 nitrogen and oxygen atoms in total. The Morgan fingerprint density at radius 1 is 1.30 bits per heavy atom. The highest BCUT2D eigenvalue weighted by molar-refractivity contribution is 7.18. The molecule has 1 N–H and O–H groups in total. The molecule has 7 heteroatoms. The molecule has 2 heterocycles. The molecular weight excluding hydrogens is 396 g/mol. The molecule has 1 aliphatic carbocycles. The summed E-state index contributed by atoms with van der Waals surface area (Å²) in [4.78, 5) is 34.3. The fraction of sp³-hybridized carbons (Fsp3) is 0.435. The van der Waals surface area contributed by atoms with Crippen LogP contribution in [0.15, 0.2) is 35.4 Å². The maximum atomic E-state index is 13.0. The van der Waals surface area contributed by atoms with Gasteiger partial charge in [-0.05, 0) is 63.3 Å². The number of fused-ring (bicyclic) bond motifs is 3. The van der Waals surface area contributed by atoms with Gasteiger partial charge in [0, 0.05) is 42.3 Å². The highest BCUT2D eigenvalue weighted by Crippen LogP contribution is 2.33. The summed E-state index contributed by atoms with van der Waals surface area (Å²) < 4.78 is 1.58. The smallest absolute Gasteiger partial charge is 0.262 e. The number of aromatic nitrogens is 2. The first kappa shape index (κ1) is 20.6. The van der Waals surface area contributed by atoms with E-state index in [1.165, 1.54) is 16.9 Å². The molecule has 1 aromatic carbocycles. The van der Waals surface area contributed by atoms with Crippen LogP contribution >= 0.6 is 11.3 Å². The molecule has 2 aromatic heterocycles. The molecule has 0 atom stereocenters. The quantitative estimate of drug-likeness (QED) is 0.644. The van der Waals surface area contributed by atoms with Crippen molar-refractivity contribution in [3.05, 3.63) is 51.4 Å². The largest absolute Gasteiger partial charge is 0.372 e. The Morgan fingerprint density at radius 2 is 2.10 bits per heavy atom. The molecule has 0 aliphatic heterocycles. The third-order valence-corrected chi connectivity index (χ3v) is 7.03. The van der Waals surface area contributed by atoms with Crippen molar-refractivity contribution >= 4 is 38.8 Å². The maximum absolute atomic E-state index is 13.0. The highest BCUT2D eigenvalue weighted by Gasteiger charge is 2.20. The van der Waals surface area contributed by atoms with Gasteiger partial charge in [-0.3, -0.25) is 14.2 Å². The van der Waals surface area contributed by atoms with Crippen LogP contribution in [-0.2, 0) is 24.2 Å². The van der Waals surface area contributed by atoms with Crippen molar-refractivity contribution in [2.75, 3.05) is 17.3 Å². The monoisotopic (exact) mass is 424 g/mol. The Labute approximate surface area is 180 Å². The second-order valence-corrected chi connectivity index (χ2v) is 9.27. The fourth-order valence-corrected chi connectivity index (χ4v) is 5.11. The number of nitrogens with one attached hydrogen (secondary N) is 1. The molecule has 3 aromatic rings. The third kappa shape index (κ3) is 4.12. The van der Waals surface area contributed by atoms with Crippen molar-refractivity contribution in [2.45, 2.75) is 58.5 Å². The van der Waals surface area contributed by atoms with Gasteiger partial charge in [0.25, 0.3) is 5.56 Å². The molecule has 0 spiro atoms. The van der Waals surface area contributed by atoms with Crippen molar-refractivity contribution in [3.63, 3.8) is 0 Å². The number of anilines is 2. The van der Waals surface area contributed by atoms with E-state index in [4.69, 9.17) is 0 Å². The summed E-state index contributed by atoms with van der Waals surface area (Å²) in [5.74, 6) is -0.112. The van der Waals surface area contributed by atoms with E-state index < -0.39 is 0 Å². The number of aryl methyl sites for hydroxylation is 3. The van der Waals surface area contributed by atoms with Crippen molar-refractivity contribution in [3.8, 4) is 0 Å². The zero-order valence-corrected chi connectivity index (χ0v) is 18.6. The average Bonchev–Trinajstić information content (AvgIpc) is 3.12. The molecular formula is C23H28N4O2S. The van der Waals surface area contributed by atoms with Crippen LogP contribution in [0.4, 0.5) is 11.4 Å². The Kier molecular flexibility index (Phi) is 5.90. The average molecular weight is 425 g/mol. The Morgan fingerprint density at radius 3 is 2.90 bits per heavy atom. The van der Waals surface area contributed by atoms with Gasteiger partial charge in [-0.1, -0.05) is 6.07 Å². The van der Waals surface area contributed by atoms with Crippen molar-refractivity contribution in [1.82, 2.24) is 9.55 Å². The van der Waals surface area contributed by atoms with Crippen LogP contribution in [0, 0.1) is 0 Å². The second kappa shape index (κ2) is 8.60. The zero-order valence-electron chi connectivity index (χ0n) is 17.8. The Balaban J connectivity index is 1.46. The van der Waals surface area contributed by atoms with Gasteiger partial charge >= 0.3 is 0 Å². The Bertz CT molecular complexity index is 1130. The zero-order chi connectivity index (χ0) is 21.3. The van der Waals surface area contributed by atoms with E-state index in [0.717, 1.165) is 40.9 Å². The van der Waals surface area contributed by atoms with Gasteiger partial charge in [0.2, 0.25) is 5.91 Å². The number of thiophene rings is 1. The third-order valence-electron chi connectivity index (χ3n) is 5.83. The number of amides is 1. The summed E-state index contributed by atoms with van der Waals surface area (Å²) in [6, 6.07) is 8.18. The van der Waals surface area contributed by atoms with Gasteiger partial charge < -0.3 is 10.2 Å². The topological polar surface area (TPSA) is 67.2 Å². The summed E-state index contributed by atoms with van der Waals surface area (Å²) in [5.41, 5.74) is 2.98. The molecule has 0 saturated carbocycles. The molecule has 1 amide bonds. The lowest BCUT2D eigenvalue weighted by Gasteiger charge is -2.24. The summed E-state index contributed by atoms with van der Waals surface area (Å²) in [6.07, 6.45) is 6.12. The van der Waals surface area contributed by atoms with Gasteiger partial charge in [-0.2, -0.15) is 0 Å². The van der Waals surface area contributed by atoms with Gasteiger partial charge in [-0.25, -0.2) is 4.98 Å². The number of carbonyl (C=O) groups excluding carboxylic acids is 1. The van der Waals surface area contributed by atoms with E-state index in [1.807, 2.05) is 31.3 Å².